The molecule has 0 aromatic heterocycles. The fourth-order valence-corrected chi connectivity index (χ4v) is 4.15. The molecular weight excluding hydrogens is 315 g/mol. The van der Waals surface area contributed by atoms with Crippen molar-refractivity contribution in [2.45, 2.75) is 31.2 Å². The van der Waals surface area contributed by atoms with Crippen molar-refractivity contribution < 1.29 is 18.0 Å². The van der Waals surface area contributed by atoms with E-state index in [1.807, 2.05) is 16.7 Å². The van der Waals surface area contributed by atoms with Crippen molar-refractivity contribution in [1.29, 1.82) is 0 Å². The molecule has 2 rings (SSSR count). The van der Waals surface area contributed by atoms with Crippen LogP contribution in [0.3, 0.4) is 0 Å². The molecule has 2 aliphatic heterocycles. The Hall–Kier alpha value is -0.630. The molecule has 2 aliphatic rings. The third kappa shape index (κ3) is 5.53. The zero-order chi connectivity index (χ0) is 16.2. The van der Waals surface area contributed by atoms with Crippen molar-refractivity contribution in [1.82, 2.24) is 15.1 Å². The van der Waals surface area contributed by atoms with Crippen LogP contribution in [-0.4, -0.2) is 72.3 Å². The van der Waals surface area contributed by atoms with Gasteiger partial charge >= 0.3 is 12.2 Å². The Morgan fingerprint density at radius 3 is 2.77 bits per heavy atom. The van der Waals surface area contributed by atoms with Gasteiger partial charge in [-0.05, 0) is 25.3 Å². The highest BCUT2D eigenvalue weighted by molar-refractivity contribution is 8.00. The molecule has 1 N–H and O–H groups in total. The van der Waals surface area contributed by atoms with Crippen LogP contribution in [0.1, 0.15) is 19.8 Å². The van der Waals surface area contributed by atoms with Crippen LogP contribution < -0.4 is 5.32 Å². The van der Waals surface area contributed by atoms with Crippen LogP contribution in [0.4, 0.5) is 18.0 Å². The summed E-state index contributed by atoms with van der Waals surface area (Å²) in [4.78, 5) is 15.4. The zero-order valence-electron chi connectivity index (χ0n) is 12.9. The average Bonchev–Trinajstić information content (AvgIpc) is 2.90. The number of hydrogen-bond donors (Lipinski definition) is 1. The van der Waals surface area contributed by atoms with Gasteiger partial charge in [-0.3, -0.25) is 4.90 Å². The van der Waals surface area contributed by atoms with E-state index in [9.17, 15) is 18.0 Å². The largest absolute Gasteiger partial charge is 0.401 e. The summed E-state index contributed by atoms with van der Waals surface area (Å²) >= 11 is 1.90. The van der Waals surface area contributed by atoms with Crippen LogP contribution in [0.15, 0.2) is 0 Å². The van der Waals surface area contributed by atoms with Crippen LogP contribution in [0.2, 0.25) is 0 Å². The second-order valence-electron chi connectivity index (χ2n) is 6.04. The number of nitrogens with one attached hydrogen (secondary N) is 1. The Balaban J connectivity index is 1.69. The fourth-order valence-electron chi connectivity index (χ4n) is 2.97. The van der Waals surface area contributed by atoms with Gasteiger partial charge in [0.2, 0.25) is 0 Å². The molecule has 128 valence electrons. The number of halogens is 3. The zero-order valence-corrected chi connectivity index (χ0v) is 13.7. The van der Waals surface area contributed by atoms with Gasteiger partial charge in [-0.25, -0.2) is 4.79 Å². The second-order valence-corrected chi connectivity index (χ2v) is 7.45. The Labute approximate surface area is 133 Å². The Morgan fingerprint density at radius 1 is 1.32 bits per heavy atom. The lowest BCUT2D eigenvalue weighted by molar-refractivity contribution is -0.143. The van der Waals surface area contributed by atoms with Gasteiger partial charge in [0.25, 0.3) is 0 Å². The minimum Gasteiger partial charge on any atom is -0.338 e. The van der Waals surface area contributed by atoms with Crippen molar-refractivity contribution >= 4 is 17.8 Å². The van der Waals surface area contributed by atoms with Gasteiger partial charge in [0.15, 0.2) is 0 Å². The molecule has 2 unspecified atom stereocenters. The molecule has 0 radical (unpaired) electrons. The lowest BCUT2D eigenvalue weighted by atomic mass is 10.1. The summed E-state index contributed by atoms with van der Waals surface area (Å²) in [6.45, 7) is 4.11. The van der Waals surface area contributed by atoms with Gasteiger partial charge in [-0.1, -0.05) is 6.92 Å². The van der Waals surface area contributed by atoms with Crippen LogP contribution in [0.5, 0.6) is 0 Å². The van der Waals surface area contributed by atoms with Gasteiger partial charge in [0, 0.05) is 37.2 Å². The first-order valence-corrected chi connectivity index (χ1v) is 8.85. The summed E-state index contributed by atoms with van der Waals surface area (Å²) in [5.74, 6) is 1.07. The number of likely N-dealkylation sites (tertiary alicyclic amines) is 1. The van der Waals surface area contributed by atoms with Crippen LogP contribution >= 0.6 is 11.8 Å². The molecule has 2 heterocycles. The number of carbonyl (C=O) groups is 1. The molecular formula is C14H24F3N3OS. The van der Waals surface area contributed by atoms with E-state index in [-0.39, 0.29) is 11.9 Å². The Bertz CT molecular complexity index is 381. The topological polar surface area (TPSA) is 35.6 Å². The third-order valence-corrected chi connectivity index (χ3v) is 5.57. The number of alkyl halides is 3. The summed E-state index contributed by atoms with van der Waals surface area (Å²) in [6, 6.07) is -0.0759. The molecule has 8 heteroatoms. The first-order chi connectivity index (χ1) is 10.4. The normalized spacial score (nSPS) is 27.2. The molecule has 2 fully saturated rings. The number of amides is 2. The van der Waals surface area contributed by atoms with Crippen LogP contribution in [0, 0.1) is 5.92 Å². The summed E-state index contributed by atoms with van der Waals surface area (Å²) in [6.07, 6.45) is -2.38. The van der Waals surface area contributed by atoms with E-state index in [4.69, 9.17) is 0 Å². The highest BCUT2D eigenvalue weighted by atomic mass is 32.2. The lowest BCUT2D eigenvalue weighted by Crippen LogP contribution is -2.48. The molecule has 22 heavy (non-hydrogen) atoms. The molecule has 0 saturated carbocycles. The van der Waals surface area contributed by atoms with Crippen LogP contribution in [0.25, 0.3) is 0 Å². The molecule has 0 aromatic rings. The first kappa shape index (κ1) is 17.7. The molecule has 2 atom stereocenters. The van der Waals surface area contributed by atoms with Gasteiger partial charge in [-0.15, -0.1) is 0 Å². The number of nitrogens with zero attached hydrogens (tertiary/aromatic N) is 2. The maximum Gasteiger partial charge on any atom is 0.401 e. The standard InChI is InChI=1S/C14H24F3N3OS/c1-2-12-9-20(5-6-22-12)13(21)18-7-11-3-4-19(8-11)10-14(15,16)17/h11-12H,2-10H2,1H3,(H,18,21). The molecule has 0 aromatic carbocycles. The highest BCUT2D eigenvalue weighted by Crippen LogP contribution is 2.23. The van der Waals surface area contributed by atoms with Crippen molar-refractivity contribution in [3.63, 3.8) is 0 Å². The molecule has 0 bridgehead atoms. The van der Waals surface area contributed by atoms with Gasteiger partial charge < -0.3 is 10.2 Å². The van der Waals surface area contributed by atoms with E-state index in [1.165, 1.54) is 4.90 Å². The smallest absolute Gasteiger partial charge is 0.338 e. The highest BCUT2D eigenvalue weighted by Gasteiger charge is 2.34. The van der Waals surface area contributed by atoms with Crippen molar-refractivity contribution in [2.75, 3.05) is 45.0 Å². The third-order valence-electron chi connectivity index (χ3n) is 4.20. The SMILES string of the molecule is CCC1CN(C(=O)NCC2CCN(CC(F)(F)F)C2)CCS1. The fraction of sp³-hybridized carbons (Fsp3) is 0.929. The van der Waals surface area contributed by atoms with E-state index in [2.05, 4.69) is 12.2 Å². The van der Waals surface area contributed by atoms with Crippen molar-refractivity contribution in [3.05, 3.63) is 0 Å². The Morgan fingerprint density at radius 2 is 2.09 bits per heavy atom. The summed E-state index contributed by atoms with van der Waals surface area (Å²) in [5.41, 5.74) is 0. The minimum atomic E-state index is -4.14. The van der Waals surface area contributed by atoms with E-state index in [0.29, 0.717) is 31.3 Å². The molecule has 0 aliphatic carbocycles. The molecule has 0 spiro atoms. The van der Waals surface area contributed by atoms with Gasteiger partial charge in [-0.2, -0.15) is 24.9 Å². The number of hydrogen-bond acceptors (Lipinski definition) is 3. The van der Waals surface area contributed by atoms with E-state index in [1.54, 1.807) is 0 Å². The Kier molecular flexibility index (Phi) is 6.26. The number of thioether (sulfide) groups is 1. The first-order valence-electron chi connectivity index (χ1n) is 7.81. The van der Waals surface area contributed by atoms with E-state index >= 15 is 0 Å². The van der Waals surface area contributed by atoms with Crippen LogP contribution in [-0.2, 0) is 0 Å². The summed E-state index contributed by atoms with van der Waals surface area (Å²) in [5, 5.41) is 3.39. The molecule has 4 nitrogen and oxygen atoms in total. The number of rotatable bonds is 4. The van der Waals surface area contributed by atoms with Crippen molar-refractivity contribution in [2.24, 2.45) is 5.92 Å². The molecule has 2 saturated heterocycles. The van der Waals surface area contributed by atoms with Gasteiger partial charge in [0.1, 0.15) is 0 Å². The minimum absolute atomic E-state index is 0.0759. The predicted octanol–water partition coefficient (Wildman–Crippen LogP) is 2.41. The number of carbonyl (C=O) groups excluding carboxylic acids is 1. The molecule has 2 amide bonds. The van der Waals surface area contributed by atoms with E-state index < -0.39 is 12.7 Å². The van der Waals surface area contributed by atoms with Gasteiger partial charge in [0.05, 0.1) is 6.54 Å². The average molecular weight is 339 g/mol. The quantitative estimate of drug-likeness (QED) is 0.854. The maximum absolute atomic E-state index is 12.3. The van der Waals surface area contributed by atoms with Crippen molar-refractivity contribution in [3.8, 4) is 0 Å². The van der Waals surface area contributed by atoms with E-state index in [0.717, 1.165) is 25.3 Å². The summed E-state index contributed by atoms with van der Waals surface area (Å²) < 4.78 is 37.0. The predicted molar refractivity (Wildman–Crippen MR) is 82.1 cm³/mol. The maximum atomic E-state index is 12.3. The monoisotopic (exact) mass is 339 g/mol. The number of urea groups is 1. The summed E-state index contributed by atoms with van der Waals surface area (Å²) in [7, 11) is 0. The lowest BCUT2D eigenvalue weighted by Gasteiger charge is -2.32. The second kappa shape index (κ2) is 7.77.